The van der Waals surface area contributed by atoms with Gasteiger partial charge in [0.15, 0.2) is 0 Å². The Kier molecular flexibility index (Phi) is 10.0. The van der Waals surface area contributed by atoms with Gasteiger partial charge in [0, 0.05) is 6.54 Å². The van der Waals surface area contributed by atoms with Gasteiger partial charge >= 0.3 is 0 Å². The lowest BCUT2D eigenvalue weighted by atomic mass is 9.97. The van der Waals surface area contributed by atoms with E-state index in [1.165, 1.54) is 18.6 Å². The minimum atomic E-state index is -0.508. The van der Waals surface area contributed by atoms with Crippen molar-refractivity contribution in [3.8, 4) is 6.07 Å². The van der Waals surface area contributed by atoms with Crippen molar-refractivity contribution in [3.63, 3.8) is 0 Å². The van der Waals surface area contributed by atoms with E-state index in [0.717, 1.165) is 12.8 Å². The molecule has 1 N–H and O–H groups in total. The van der Waals surface area contributed by atoms with Crippen molar-refractivity contribution in [2.24, 2.45) is 11.8 Å². The Balaban J connectivity index is 3.55. The molecule has 0 saturated heterocycles. The highest BCUT2D eigenvalue weighted by atomic mass is 32.2. The molecule has 0 rings (SSSR count). The molecule has 0 aromatic carbocycles. The molecule has 0 fully saturated rings. The fourth-order valence-electron chi connectivity index (χ4n) is 1.56. The summed E-state index contributed by atoms with van der Waals surface area (Å²) < 4.78 is 0. The van der Waals surface area contributed by atoms with Crippen molar-refractivity contribution in [2.75, 3.05) is 18.6 Å². The highest BCUT2D eigenvalue weighted by molar-refractivity contribution is 7.98. The van der Waals surface area contributed by atoms with Crippen molar-refractivity contribution < 1.29 is 4.79 Å². The van der Waals surface area contributed by atoms with E-state index in [9.17, 15) is 4.79 Å². The third-order valence-corrected chi connectivity index (χ3v) is 3.36. The van der Waals surface area contributed by atoms with Gasteiger partial charge in [0.2, 0.25) is 5.91 Å². The molecule has 0 aliphatic carbocycles. The van der Waals surface area contributed by atoms with Crippen LogP contribution in [0.4, 0.5) is 0 Å². The standard InChI is InChI=1S/C13H24N2OS/c1-11(2)12(10-14)13(16)15-8-6-4-5-7-9-17-3/h11-12H,4-9H2,1-3H3,(H,15,16). The highest BCUT2D eigenvalue weighted by Crippen LogP contribution is 2.09. The van der Waals surface area contributed by atoms with Gasteiger partial charge in [-0.25, -0.2) is 0 Å². The molecule has 1 atom stereocenters. The van der Waals surface area contributed by atoms with E-state index in [1.807, 2.05) is 25.6 Å². The lowest BCUT2D eigenvalue weighted by Gasteiger charge is -2.12. The highest BCUT2D eigenvalue weighted by Gasteiger charge is 2.20. The summed E-state index contributed by atoms with van der Waals surface area (Å²) in [5.41, 5.74) is 0. The average molecular weight is 256 g/mol. The molecule has 0 spiro atoms. The zero-order chi connectivity index (χ0) is 13.1. The second kappa shape index (κ2) is 10.5. The summed E-state index contributed by atoms with van der Waals surface area (Å²) in [7, 11) is 0. The van der Waals surface area contributed by atoms with Crippen LogP contribution in [-0.2, 0) is 4.79 Å². The Labute approximate surface area is 109 Å². The fraction of sp³-hybridized carbons (Fsp3) is 0.846. The van der Waals surface area contributed by atoms with E-state index in [4.69, 9.17) is 5.26 Å². The second-order valence-corrected chi connectivity index (χ2v) is 5.53. The molecule has 0 saturated carbocycles. The van der Waals surface area contributed by atoms with E-state index in [1.54, 1.807) is 0 Å². The summed E-state index contributed by atoms with van der Waals surface area (Å²) in [5, 5.41) is 11.7. The third kappa shape index (κ3) is 8.09. The predicted octanol–water partition coefficient (Wildman–Crippen LogP) is 2.82. The monoisotopic (exact) mass is 256 g/mol. The molecular formula is C13H24N2OS. The van der Waals surface area contributed by atoms with Gasteiger partial charge in [0.1, 0.15) is 5.92 Å². The van der Waals surface area contributed by atoms with E-state index in [2.05, 4.69) is 17.6 Å². The first-order chi connectivity index (χ1) is 8.13. The molecule has 0 radical (unpaired) electrons. The Morgan fingerprint density at radius 3 is 2.47 bits per heavy atom. The first-order valence-corrected chi connectivity index (χ1v) is 7.69. The molecule has 0 aliphatic rings. The van der Waals surface area contributed by atoms with Gasteiger partial charge in [-0.1, -0.05) is 26.7 Å². The van der Waals surface area contributed by atoms with Gasteiger partial charge in [-0.2, -0.15) is 17.0 Å². The zero-order valence-electron chi connectivity index (χ0n) is 11.2. The largest absolute Gasteiger partial charge is 0.355 e. The van der Waals surface area contributed by atoms with Gasteiger partial charge < -0.3 is 5.32 Å². The number of unbranched alkanes of at least 4 members (excludes halogenated alkanes) is 3. The van der Waals surface area contributed by atoms with Gasteiger partial charge in [0.25, 0.3) is 0 Å². The number of nitrogens with zero attached hydrogens (tertiary/aromatic N) is 1. The fourth-order valence-corrected chi connectivity index (χ4v) is 2.05. The third-order valence-electron chi connectivity index (χ3n) is 2.66. The molecule has 1 amide bonds. The van der Waals surface area contributed by atoms with Crippen LogP contribution < -0.4 is 5.32 Å². The molecular weight excluding hydrogens is 232 g/mol. The summed E-state index contributed by atoms with van der Waals surface area (Å²) in [6.45, 7) is 4.49. The number of amides is 1. The maximum absolute atomic E-state index is 11.6. The normalized spacial score (nSPS) is 12.2. The number of hydrogen-bond donors (Lipinski definition) is 1. The number of nitrogens with one attached hydrogen (secondary N) is 1. The number of nitriles is 1. The van der Waals surface area contributed by atoms with Crippen LogP contribution in [0, 0.1) is 23.2 Å². The number of thioether (sulfide) groups is 1. The predicted molar refractivity (Wildman–Crippen MR) is 73.8 cm³/mol. The van der Waals surface area contributed by atoms with Crippen LogP contribution in [-0.4, -0.2) is 24.5 Å². The van der Waals surface area contributed by atoms with Gasteiger partial charge in [0.05, 0.1) is 6.07 Å². The van der Waals surface area contributed by atoms with Crippen molar-refractivity contribution in [3.05, 3.63) is 0 Å². The summed E-state index contributed by atoms with van der Waals surface area (Å²) in [6, 6.07) is 2.06. The van der Waals surface area contributed by atoms with Crippen LogP contribution in [0.1, 0.15) is 39.5 Å². The number of carbonyl (C=O) groups excluding carboxylic acids is 1. The molecule has 98 valence electrons. The molecule has 0 aromatic rings. The van der Waals surface area contributed by atoms with Gasteiger partial charge in [-0.05, 0) is 30.8 Å². The van der Waals surface area contributed by atoms with E-state index < -0.39 is 5.92 Å². The second-order valence-electron chi connectivity index (χ2n) is 4.55. The molecule has 17 heavy (non-hydrogen) atoms. The van der Waals surface area contributed by atoms with Crippen LogP contribution in [0.25, 0.3) is 0 Å². The Morgan fingerprint density at radius 2 is 1.94 bits per heavy atom. The first-order valence-electron chi connectivity index (χ1n) is 6.29. The number of hydrogen-bond acceptors (Lipinski definition) is 3. The molecule has 0 aromatic heterocycles. The zero-order valence-corrected chi connectivity index (χ0v) is 12.0. The van der Waals surface area contributed by atoms with Gasteiger partial charge in [-0.3, -0.25) is 4.79 Å². The Morgan fingerprint density at radius 1 is 1.29 bits per heavy atom. The molecule has 4 heteroatoms. The number of rotatable bonds is 9. The smallest absolute Gasteiger partial charge is 0.237 e. The van der Waals surface area contributed by atoms with Crippen LogP contribution in [0.15, 0.2) is 0 Å². The molecule has 0 bridgehead atoms. The summed E-state index contributed by atoms with van der Waals surface area (Å²) >= 11 is 1.87. The van der Waals surface area contributed by atoms with E-state index >= 15 is 0 Å². The minimum absolute atomic E-state index is 0.0848. The SMILES string of the molecule is CSCCCCCCNC(=O)C(C#N)C(C)C. The van der Waals surface area contributed by atoms with Crippen molar-refractivity contribution >= 4 is 17.7 Å². The van der Waals surface area contributed by atoms with Crippen molar-refractivity contribution in [2.45, 2.75) is 39.5 Å². The molecule has 1 unspecified atom stereocenters. The average Bonchev–Trinajstić information content (AvgIpc) is 2.28. The summed E-state index contributed by atoms with van der Waals surface area (Å²) in [5.74, 6) is 0.677. The van der Waals surface area contributed by atoms with Crippen molar-refractivity contribution in [1.29, 1.82) is 5.26 Å². The number of carbonyl (C=O) groups is 1. The minimum Gasteiger partial charge on any atom is -0.355 e. The molecule has 0 aliphatic heterocycles. The lowest BCUT2D eigenvalue weighted by Crippen LogP contribution is -2.33. The maximum atomic E-state index is 11.6. The van der Waals surface area contributed by atoms with E-state index in [-0.39, 0.29) is 11.8 Å². The maximum Gasteiger partial charge on any atom is 0.237 e. The Bertz CT molecular complexity index is 248. The lowest BCUT2D eigenvalue weighted by molar-refractivity contribution is -0.124. The van der Waals surface area contributed by atoms with Crippen molar-refractivity contribution in [1.82, 2.24) is 5.32 Å². The van der Waals surface area contributed by atoms with Crippen LogP contribution >= 0.6 is 11.8 Å². The van der Waals surface area contributed by atoms with Crippen LogP contribution in [0.2, 0.25) is 0 Å². The quantitative estimate of drug-likeness (QED) is 0.645. The van der Waals surface area contributed by atoms with Crippen LogP contribution in [0.5, 0.6) is 0 Å². The molecule has 0 heterocycles. The van der Waals surface area contributed by atoms with E-state index in [0.29, 0.717) is 6.54 Å². The van der Waals surface area contributed by atoms with Gasteiger partial charge in [-0.15, -0.1) is 0 Å². The van der Waals surface area contributed by atoms with Crippen LogP contribution in [0.3, 0.4) is 0 Å². The summed E-state index contributed by atoms with van der Waals surface area (Å²) in [6.07, 6.45) is 6.76. The first kappa shape index (κ1) is 16.3. The summed E-state index contributed by atoms with van der Waals surface area (Å²) in [4.78, 5) is 11.6. The molecule has 3 nitrogen and oxygen atoms in total. The topological polar surface area (TPSA) is 52.9 Å². The Hall–Kier alpha value is -0.690.